The third-order valence-electron chi connectivity index (χ3n) is 2.30. The third kappa shape index (κ3) is 1.84. The van der Waals surface area contributed by atoms with Gasteiger partial charge in [-0.15, -0.1) is 0 Å². The minimum absolute atomic E-state index is 0.163. The lowest BCUT2D eigenvalue weighted by molar-refractivity contribution is 0.0697. The van der Waals surface area contributed by atoms with Gasteiger partial charge in [0, 0.05) is 6.20 Å². The fourth-order valence-corrected chi connectivity index (χ4v) is 1.50. The maximum Gasteiger partial charge on any atom is 0.338 e. The van der Waals surface area contributed by atoms with Crippen LogP contribution in [-0.2, 0) is 0 Å². The van der Waals surface area contributed by atoms with Gasteiger partial charge in [0.1, 0.15) is 7.85 Å². The molecule has 0 saturated carbocycles. The molecule has 0 aliphatic heterocycles. The summed E-state index contributed by atoms with van der Waals surface area (Å²) in [6.45, 7) is 1.90. The van der Waals surface area contributed by atoms with E-state index in [1.54, 1.807) is 6.07 Å². The van der Waals surface area contributed by atoms with E-state index in [2.05, 4.69) is 5.10 Å². The number of carboxylic acid groups (broad SMARTS) is 1. The van der Waals surface area contributed by atoms with Gasteiger partial charge in [0.05, 0.1) is 17.4 Å². The highest BCUT2D eigenvalue weighted by atomic mass is 16.4. The van der Waals surface area contributed by atoms with Crippen LogP contribution in [0.15, 0.2) is 30.6 Å². The molecule has 0 bridgehead atoms. The van der Waals surface area contributed by atoms with Crippen molar-refractivity contribution in [2.75, 3.05) is 0 Å². The van der Waals surface area contributed by atoms with Gasteiger partial charge >= 0.3 is 5.97 Å². The molecule has 78 valence electrons. The number of benzene rings is 1. The lowest BCUT2D eigenvalue weighted by Gasteiger charge is -2.06. The molecular formula is C11H9BN2O2. The third-order valence-corrected chi connectivity index (χ3v) is 2.30. The summed E-state index contributed by atoms with van der Waals surface area (Å²) in [7, 11) is 5.64. The Bertz CT molecular complexity index is 549. The van der Waals surface area contributed by atoms with Crippen molar-refractivity contribution in [3.05, 3.63) is 41.7 Å². The fraction of sp³-hybridized carbons (Fsp3) is 0.0909. The highest BCUT2D eigenvalue weighted by molar-refractivity contribution is 6.32. The molecule has 0 unspecified atom stereocenters. The van der Waals surface area contributed by atoms with Gasteiger partial charge in [0.15, 0.2) is 0 Å². The van der Waals surface area contributed by atoms with Gasteiger partial charge in [-0.3, -0.25) is 0 Å². The monoisotopic (exact) mass is 212 g/mol. The van der Waals surface area contributed by atoms with Crippen LogP contribution in [0.25, 0.3) is 5.69 Å². The van der Waals surface area contributed by atoms with Crippen molar-refractivity contribution in [3.8, 4) is 5.69 Å². The standard InChI is InChI=1S/C11H9BN2O2/c1-7-4-9(12)2-3-10(7)14-6-8(5-13-14)11(15)16/h2-6H,1H3,(H,15,16). The van der Waals surface area contributed by atoms with Crippen LogP contribution in [-0.4, -0.2) is 28.7 Å². The molecule has 0 fully saturated rings. The zero-order chi connectivity index (χ0) is 11.7. The summed E-state index contributed by atoms with van der Waals surface area (Å²) in [6.07, 6.45) is 2.79. The quantitative estimate of drug-likeness (QED) is 0.744. The van der Waals surface area contributed by atoms with E-state index in [0.29, 0.717) is 5.46 Å². The first-order valence-electron chi connectivity index (χ1n) is 4.72. The lowest BCUT2D eigenvalue weighted by Crippen LogP contribution is -2.06. The van der Waals surface area contributed by atoms with Gasteiger partial charge in [-0.05, 0) is 18.6 Å². The number of carbonyl (C=O) groups is 1. The molecule has 2 radical (unpaired) electrons. The first-order valence-corrected chi connectivity index (χ1v) is 4.72. The Kier molecular flexibility index (Phi) is 2.52. The Morgan fingerprint density at radius 2 is 2.25 bits per heavy atom. The molecule has 1 N–H and O–H groups in total. The summed E-state index contributed by atoms with van der Waals surface area (Å²) in [4.78, 5) is 10.7. The Labute approximate surface area is 93.9 Å². The van der Waals surface area contributed by atoms with Crippen LogP contribution in [0, 0.1) is 6.92 Å². The molecule has 1 heterocycles. The normalized spacial score (nSPS) is 10.3. The Hall–Kier alpha value is -2.04. The van der Waals surface area contributed by atoms with Crippen LogP contribution in [0.3, 0.4) is 0 Å². The van der Waals surface area contributed by atoms with E-state index < -0.39 is 5.97 Å². The van der Waals surface area contributed by atoms with Crippen molar-refractivity contribution < 1.29 is 9.90 Å². The van der Waals surface area contributed by atoms with E-state index in [9.17, 15) is 4.79 Å². The molecule has 4 nitrogen and oxygen atoms in total. The predicted molar refractivity (Wildman–Crippen MR) is 60.6 cm³/mol. The lowest BCUT2D eigenvalue weighted by atomic mass is 9.94. The largest absolute Gasteiger partial charge is 0.478 e. The topological polar surface area (TPSA) is 55.1 Å². The average molecular weight is 212 g/mol. The van der Waals surface area contributed by atoms with E-state index in [4.69, 9.17) is 13.0 Å². The maximum atomic E-state index is 10.7. The average Bonchev–Trinajstić information content (AvgIpc) is 2.66. The van der Waals surface area contributed by atoms with Crippen LogP contribution >= 0.6 is 0 Å². The van der Waals surface area contributed by atoms with Crippen LogP contribution < -0.4 is 5.46 Å². The second-order valence-electron chi connectivity index (χ2n) is 3.52. The molecular weight excluding hydrogens is 203 g/mol. The van der Waals surface area contributed by atoms with E-state index in [-0.39, 0.29) is 5.56 Å². The van der Waals surface area contributed by atoms with Crippen LogP contribution in [0.5, 0.6) is 0 Å². The summed E-state index contributed by atoms with van der Waals surface area (Å²) in [5.41, 5.74) is 2.60. The molecule has 0 saturated heterocycles. The number of hydrogen-bond donors (Lipinski definition) is 1. The van der Waals surface area contributed by atoms with Crippen molar-refractivity contribution in [2.45, 2.75) is 6.92 Å². The maximum absolute atomic E-state index is 10.7. The van der Waals surface area contributed by atoms with Crippen molar-refractivity contribution in [3.63, 3.8) is 0 Å². The van der Waals surface area contributed by atoms with Crippen LogP contribution in [0.4, 0.5) is 0 Å². The second-order valence-corrected chi connectivity index (χ2v) is 3.52. The summed E-state index contributed by atoms with van der Waals surface area (Å²) in [5.74, 6) is -0.987. The first-order chi connectivity index (χ1) is 7.58. The van der Waals surface area contributed by atoms with Gasteiger partial charge in [-0.1, -0.05) is 17.6 Å². The molecule has 0 aliphatic carbocycles. The van der Waals surface area contributed by atoms with E-state index in [1.807, 2.05) is 19.1 Å². The number of carboxylic acids is 1. The second kappa shape index (κ2) is 3.85. The fourth-order valence-electron chi connectivity index (χ4n) is 1.50. The van der Waals surface area contributed by atoms with E-state index in [1.165, 1.54) is 17.1 Å². The molecule has 0 amide bonds. The Morgan fingerprint density at radius 1 is 1.50 bits per heavy atom. The van der Waals surface area contributed by atoms with Gasteiger partial charge in [-0.2, -0.15) is 5.10 Å². The molecule has 2 rings (SSSR count). The van der Waals surface area contributed by atoms with E-state index >= 15 is 0 Å². The summed E-state index contributed by atoms with van der Waals surface area (Å²) >= 11 is 0. The molecule has 0 atom stereocenters. The molecule has 0 spiro atoms. The SMILES string of the molecule is [B]c1ccc(-n2cc(C(=O)O)cn2)c(C)c1. The number of aryl methyl sites for hydroxylation is 1. The smallest absolute Gasteiger partial charge is 0.338 e. The molecule has 1 aromatic heterocycles. The number of aromatic nitrogens is 2. The summed E-state index contributed by atoms with van der Waals surface area (Å²) in [5, 5.41) is 12.8. The molecule has 1 aromatic carbocycles. The van der Waals surface area contributed by atoms with E-state index in [0.717, 1.165) is 11.3 Å². The molecule has 0 aliphatic rings. The van der Waals surface area contributed by atoms with Gasteiger partial charge in [-0.25, -0.2) is 9.48 Å². The minimum Gasteiger partial charge on any atom is -0.478 e. The number of nitrogens with zero attached hydrogens (tertiary/aromatic N) is 2. The van der Waals surface area contributed by atoms with Crippen LogP contribution in [0.2, 0.25) is 0 Å². The first kappa shape index (κ1) is 10.5. The van der Waals surface area contributed by atoms with Crippen molar-refractivity contribution in [2.24, 2.45) is 0 Å². The van der Waals surface area contributed by atoms with Gasteiger partial charge in [0.2, 0.25) is 0 Å². The van der Waals surface area contributed by atoms with Crippen molar-refractivity contribution in [1.82, 2.24) is 9.78 Å². The molecule has 16 heavy (non-hydrogen) atoms. The zero-order valence-electron chi connectivity index (χ0n) is 8.71. The van der Waals surface area contributed by atoms with Gasteiger partial charge < -0.3 is 5.11 Å². The van der Waals surface area contributed by atoms with Gasteiger partial charge in [0.25, 0.3) is 0 Å². The minimum atomic E-state index is -0.987. The Morgan fingerprint density at radius 3 is 2.81 bits per heavy atom. The molecule has 5 heteroatoms. The zero-order valence-corrected chi connectivity index (χ0v) is 8.71. The predicted octanol–water partition coefficient (Wildman–Crippen LogP) is 0.673. The number of hydrogen-bond acceptors (Lipinski definition) is 2. The highest BCUT2D eigenvalue weighted by Crippen LogP contribution is 2.12. The summed E-state index contributed by atoms with van der Waals surface area (Å²) in [6, 6.07) is 5.38. The number of aromatic carboxylic acids is 1. The molecule has 2 aromatic rings. The Balaban J connectivity index is 2.46. The van der Waals surface area contributed by atoms with Crippen molar-refractivity contribution >= 4 is 19.3 Å². The van der Waals surface area contributed by atoms with Crippen LogP contribution in [0.1, 0.15) is 15.9 Å². The van der Waals surface area contributed by atoms with Crippen molar-refractivity contribution in [1.29, 1.82) is 0 Å². The number of rotatable bonds is 2. The summed E-state index contributed by atoms with van der Waals surface area (Å²) < 4.78 is 1.53. The highest BCUT2D eigenvalue weighted by Gasteiger charge is 2.08.